The molecule has 3 N–H and O–H groups in total. The van der Waals surface area contributed by atoms with Crippen LogP contribution in [0.2, 0.25) is 0 Å². The molecule has 7 nitrogen and oxygen atoms in total. The minimum atomic E-state index is -0.519. The van der Waals surface area contributed by atoms with E-state index in [9.17, 15) is 4.79 Å². The van der Waals surface area contributed by atoms with Gasteiger partial charge in [0.15, 0.2) is 0 Å². The van der Waals surface area contributed by atoms with Gasteiger partial charge in [-0.1, -0.05) is 0 Å². The molecule has 1 saturated heterocycles. The third-order valence-electron chi connectivity index (χ3n) is 3.45. The average Bonchev–Trinajstić information content (AvgIpc) is 2.76. The van der Waals surface area contributed by atoms with E-state index in [1.165, 1.54) is 0 Å². The molecule has 1 aliphatic heterocycles. The Bertz CT molecular complexity index is 504. The molecule has 112 valence electrons. The van der Waals surface area contributed by atoms with Crippen molar-refractivity contribution in [2.75, 3.05) is 33.7 Å². The number of nitrogens with two attached hydrogens (primary N) is 1. The molecule has 7 heteroatoms. The molecule has 20 heavy (non-hydrogen) atoms. The maximum atomic E-state index is 12.0. The topological polar surface area (TPSA) is 95.8 Å². The van der Waals surface area contributed by atoms with Crippen molar-refractivity contribution in [2.45, 2.75) is 24.4 Å². The summed E-state index contributed by atoms with van der Waals surface area (Å²) in [4.78, 5) is 14.6. The van der Waals surface area contributed by atoms with Crippen molar-refractivity contribution in [2.24, 2.45) is 0 Å². The van der Waals surface area contributed by atoms with Crippen molar-refractivity contribution in [3.63, 3.8) is 0 Å². The van der Waals surface area contributed by atoms with Gasteiger partial charge in [-0.3, -0.25) is 4.79 Å². The van der Waals surface area contributed by atoms with Crippen LogP contribution in [0.3, 0.4) is 0 Å². The number of pyridine rings is 1. The Labute approximate surface area is 117 Å². The maximum Gasteiger partial charge on any atom is 0.255 e. The zero-order valence-corrected chi connectivity index (χ0v) is 11.8. The van der Waals surface area contributed by atoms with Crippen molar-refractivity contribution in [3.8, 4) is 0 Å². The van der Waals surface area contributed by atoms with Gasteiger partial charge in [-0.15, -0.1) is 0 Å². The first-order valence-electron chi connectivity index (χ1n) is 6.31. The highest BCUT2D eigenvalue weighted by atomic mass is 16.6. The molecule has 0 amide bonds. The number of nitrogens with one attached hydrogen (secondary N) is 1. The number of aromatic nitrogens is 1. The maximum absolute atomic E-state index is 12.0. The Morgan fingerprint density at radius 3 is 2.50 bits per heavy atom. The summed E-state index contributed by atoms with van der Waals surface area (Å²) < 4.78 is 21.9. The quantitative estimate of drug-likeness (QED) is 0.794. The lowest BCUT2D eigenvalue weighted by Gasteiger charge is -2.21. The van der Waals surface area contributed by atoms with E-state index in [0.29, 0.717) is 18.0 Å². The zero-order valence-electron chi connectivity index (χ0n) is 11.8. The van der Waals surface area contributed by atoms with Crippen molar-refractivity contribution in [3.05, 3.63) is 28.0 Å². The number of aromatic amines is 1. The fraction of sp³-hybridized carbons (Fsp3) is 0.615. The lowest BCUT2D eigenvalue weighted by Crippen LogP contribution is -2.36. The monoisotopic (exact) mass is 284 g/mol. The molecule has 0 saturated carbocycles. The van der Waals surface area contributed by atoms with Crippen LogP contribution in [0, 0.1) is 0 Å². The number of ether oxygens (including phenoxy) is 4. The van der Waals surface area contributed by atoms with Gasteiger partial charge in [0.05, 0.1) is 6.61 Å². The number of hydrogen-bond donors (Lipinski definition) is 2. The molecule has 2 heterocycles. The van der Waals surface area contributed by atoms with Gasteiger partial charge < -0.3 is 29.7 Å². The van der Waals surface area contributed by atoms with Gasteiger partial charge in [-0.25, -0.2) is 0 Å². The molecular formula is C13H20N2O5. The standard InChI is InChI=1S/C13H20N2O5/c1-17-6-8-11(18-2)12(19-3)10(20-8)7-4-5-9(14)15-13(7)16/h4-5,8,10-12H,6H2,1-3H3,(H3,14,15,16)/t8-,10+,11?,12-/m1/s1. The summed E-state index contributed by atoms with van der Waals surface area (Å²) in [5.74, 6) is 0.308. The molecule has 0 aliphatic carbocycles. The van der Waals surface area contributed by atoms with E-state index >= 15 is 0 Å². The number of hydrogen-bond acceptors (Lipinski definition) is 6. The fourth-order valence-corrected chi connectivity index (χ4v) is 2.54. The summed E-state index contributed by atoms with van der Waals surface area (Å²) in [6, 6.07) is 3.27. The van der Waals surface area contributed by atoms with E-state index in [1.807, 2.05) is 0 Å². The van der Waals surface area contributed by atoms with Crippen molar-refractivity contribution < 1.29 is 18.9 Å². The molecule has 1 unspecified atom stereocenters. The highest BCUT2D eigenvalue weighted by molar-refractivity contribution is 5.31. The number of methoxy groups -OCH3 is 3. The van der Waals surface area contributed by atoms with E-state index in [1.54, 1.807) is 33.5 Å². The number of anilines is 1. The predicted molar refractivity (Wildman–Crippen MR) is 72.6 cm³/mol. The first-order chi connectivity index (χ1) is 9.62. The fourth-order valence-electron chi connectivity index (χ4n) is 2.54. The lowest BCUT2D eigenvalue weighted by molar-refractivity contribution is -0.0479. The lowest BCUT2D eigenvalue weighted by atomic mass is 10.0. The van der Waals surface area contributed by atoms with Crippen LogP contribution in [0.4, 0.5) is 5.82 Å². The van der Waals surface area contributed by atoms with Crippen molar-refractivity contribution >= 4 is 5.82 Å². The summed E-state index contributed by atoms with van der Waals surface area (Å²) >= 11 is 0. The predicted octanol–water partition coefficient (Wildman–Crippen LogP) is 0.0734. The molecular weight excluding hydrogens is 264 g/mol. The summed E-state index contributed by atoms with van der Waals surface area (Å²) in [6.07, 6.45) is -1.50. The van der Waals surface area contributed by atoms with Crippen LogP contribution in [0.15, 0.2) is 16.9 Å². The Morgan fingerprint density at radius 2 is 1.95 bits per heavy atom. The van der Waals surface area contributed by atoms with E-state index in [-0.39, 0.29) is 23.9 Å². The smallest absolute Gasteiger partial charge is 0.255 e. The number of rotatable bonds is 5. The first kappa shape index (κ1) is 15.0. The minimum Gasteiger partial charge on any atom is -0.385 e. The van der Waals surface area contributed by atoms with Gasteiger partial charge in [0, 0.05) is 26.9 Å². The van der Waals surface area contributed by atoms with Gasteiger partial charge in [0.25, 0.3) is 5.56 Å². The molecule has 1 aromatic rings. The van der Waals surface area contributed by atoms with Crippen molar-refractivity contribution in [1.29, 1.82) is 0 Å². The van der Waals surface area contributed by atoms with Gasteiger partial charge in [-0.05, 0) is 12.1 Å². The van der Waals surface area contributed by atoms with E-state index in [0.717, 1.165) is 0 Å². The molecule has 0 aromatic carbocycles. The van der Waals surface area contributed by atoms with Crippen LogP contribution < -0.4 is 11.3 Å². The van der Waals surface area contributed by atoms with Crippen LogP contribution in [-0.2, 0) is 18.9 Å². The second-order valence-electron chi connectivity index (χ2n) is 4.65. The van der Waals surface area contributed by atoms with Gasteiger partial charge >= 0.3 is 0 Å². The van der Waals surface area contributed by atoms with Crippen molar-refractivity contribution in [1.82, 2.24) is 4.98 Å². The van der Waals surface area contributed by atoms with Gasteiger partial charge in [-0.2, -0.15) is 0 Å². The largest absolute Gasteiger partial charge is 0.385 e. The van der Waals surface area contributed by atoms with Crippen LogP contribution in [0.1, 0.15) is 11.7 Å². The Hall–Kier alpha value is -1.41. The van der Waals surface area contributed by atoms with Gasteiger partial charge in [0.2, 0.25) is 0 Å². The number of H-pyrrole nitrogens is 1. The summed E-state index contributed by atoms with van der Waals surface area (Å²) in [5, 5.41) is 0. The van der Waals surface area contributed by atoms with Crippen LogP contribution >= 0.6 is 0 Å². The molecule has 0 bridgehead atoms. The second-order valence-corrected chi connectivity index (χ2v) is 4.65. The second kappa shape index (κ2) is 6.36. The third-order valence-corrected chi connectivity index (χ3v) is 3.45. The Morgan fingerprint density at radius 1 is 1.25 bits per heavy atom. The Kier molecular flexibility index (Phi) is 4.77. The third kappa shape index (κ3) is 2.71. The molecule has 0 spiro atoms. The molecule has 4 atom stereocenters. The van der Waals surface area contributed by atoms with Gasteiger partial charge in [0.1, 0.15) is 30.2 Å². The van der Waals surface area contributed by atoms with Crippen LogP contribution in [0.5, 0.6) is 0 Å². The average molecular weight is 284 g/mol. The molecule has 0 radical (unpaired) electrons. The van der Waals surface area contributed by atoms with E-state index < -0.39 is 6.10 Å². The first-order valence-corrected chi connectivity index (χ1v) is 6.31. The highest BCUT2D eigenvalue weighted by Crippen LogP contribution is 2.35. The van der Waals surface area contributed by atoms with E-state index in [4.69, 9.17) is 24.7 Å². The minimum absolute atomic E-state index is 0.287. The summed E-state index contributed by atoms with van der Waals surface area (Å²) in [6.45, 7) is 0.363. The van der Waals surface area contributed by atoms with Crippen LogP contribution in [-0.4, -0.2) is 51.2 Å². The molecule has 1 fully saturated rings. The molecule has 2 rings (SSSR count). The van der Waals surface area contributed by atoms with E-state index in [2.05, 4.69) is 4.98 Å². The summed E-state index contributed by atoms with van der Waals surface area (Å²) in [7, 11) is 4.73. The molecule has 1 aliphatic rings. The van der Waals surface area contributed by atoms with Crippen LogP contribution in [0.25, 0.3) is 0 Å². The normalized spacial score (nSPS) is 29.8. The Balaban J connectivity index is 2.32. The summed E-state index contributed by atoms with van der Waals surface area (Å²) in [5.41, 5.74) is 5.73. The highest BCUT2D eigenvalue weighted by Gasteiger charge is 2.46. The number of nitrogen functional groups attached to an aromatic ring is 1. The zero-order chi connectivity index (χ0) is 14.7. The SMILES string of the molecule is COC[C@H]1O[C@@H](c2ccc(N)[nH]c2=O)[C@@H](OC)C1OC. The molecule has 1 aromatic heterocycles.